The van der Waals surface area contributed by atoms with Gasteiger partial charge in [-0.05, 0) is 49.4 Å². The highest BCUT2D eigenvalue weighted by Gasteiger charge is 2.36. The van der Waals surface area contributed by atoms with E-state index in [1.54, 1.807) is 4.90 Å². The third-order valence-corrected chi connectivity index (χ3v) is 13.0. The Morgan fingerprint density at radius 1 is 0.500 bits per heavy atom. The Balaban J connectivity index is 6.13. The van der Waals surface area contributed by atoms with Crippen LogP contribution in [0, 0.1) is 23.7 Å². The van der Waals surface area contributed by atoms with E-state index in [-0.39, 0.29) is 25.7 Å². The molecule has 0 saturated carbocycles. The van der Waals surface area contributed by atoms with Crippen LogP contribution in [0.1, 0.15) is 158 Å². The minimum absolute atomic E-state index is 0.0568. The van der Waals surface area contributed by atoms with Gasteiger partial charge in [0.2, 0.25) is 0 Å². The maximum atomic E-state index is 14.5. The van der Waals surface area contributed by atoms with Crippen LogP contribution in [0.5, 0.6) is 0 Å². The summed E-state index contributed by atoms with van der Waals surface area (Å²) >= 11 is 0. The van der Waals surface area contributed by atoms with Crippen molar-refractivity contribution in [3.63, 3.8) is 0 Å². The Morgan fingerprint density at radius 3 is 0.957 bits per heavy atom. The summed E-state index contributed by atoms with van der Waals surface area (Å²) in [5.74, 6) is 1.19. The summed E-state index contributed by atoms with van der Waals surface area (Å²) in [6.45, 7) is 18.7. The molecule has 0 rings (SSSR count). The van der Waals surface area contributed by atoms with Crippen LogP contribution in [0.25, 0.3) is 0 Å². The molecule has 10 heteroatoms. The van der Waals surface area contributed by atoms with E-state index in [4.69, 9.17) is 18.1 Å². The van der Waals surface area contributed by atoms with Crippen molar-refractivity contribution in [1.29, 1.82) is 0 Å². The van der Waals surface area contributed by atoms with Gasteiger partial charge in [0.05, 0.1) is 33.0 Å². The molecule has 0 spiro atoms. The molecule has 0 radical (unpaired) electrons. The summed E-state index contributed by atoms with van der Waals surface area (Å²) in [6, 6.07) is 0. The van der Waals surface area contributed by atoms with E-state index in [9.17, 15) is 14.2 Å². The average molecular weight is 698 g/mol. The normalized spacial score (nSPS) is 17.4. The summed E-state index contributed by atoms with van der Waals surface area (Å²) in [5, 5.41) is 10.1. The van der Waals surface area contributed by atoms with Crippen LogP contribution < -0.4 is 0 Å². The van der Waals surface area contributed by atoms with Crippen molar-refractivity contribution in [3.8, 4) is 0 Å². The van der Waals surface area contributed by atoms with E-state index in [2.05, 4.69) is 55.4 Å². The molecule has 0 aromatic heterocycles. The van der Waals surface area contributed by atoms with Gasteiger partial charge in [0.1, 0.15) is 12.6 Å². The first-order valence-corrected chi connectivity index (χ1v) is 22.7. The first kappa shape index (κ1) is 46.2. The Bertz CT molecular complexity index is 679. The lowest BCUT2D eigenvalue weighted by Gasteiger charge is -2.32. The van der Waals surface area contributed by atoms with Gasteiger partial charge < -0.3 is 23.2 Å². The third kappa shape index (κ3) is 22.0. The molecule has 0 fully saturated rings. The molecule has 0 aliphatic rings. The van der Waals surface area contributed by atoms with Gasteiger partial charge in [0, 0.05) is 6.54 Å². The number of rotatable bonds is 34. The smallest absolute Gasteiger partial charge is 0.344 e. The van der Waals surface area contributed by atoms with Gasteiger partial charge in [-0.1, -0.05) is 132 Å². The molecular formula is C36H77NO7P2. The molecule has 0 amide bonds. The van der Waals surface area contributed by atoms with Crippen molar-refractivity contribution in [1.82, 2.24) is 4.90 Å². The zero-order valence-electron chi connectivity index (χ0n) is 31.5. The Hall–Kier alpha value is 0.220. The van der Waals surface area contributed by atoms with Gasteiger partial charge in [0.25, 0.3) is 0 Å². The van der Waals surface area contributed by atoms with Gasteiger partial charge in [-0.15, -0.1) is 0 Å². The van der Waals surface area contributed by atoms with Crippen molar-refractivity contribution < 1.29 is 32.3 Å². The van der Waals surface area contributed by atoms with Crippen molar-refractivity contribution in [2.45, 2.75) is 158 Å². The number of hydrogen-bond acceptors (Lipinski definition) is 8. The van der Waals surface area contributed by atoms with Crippen LogP contribution in [0.3, 0.4) is 0 Å². The number of aliphatic hydroxyl groups is 1. The quantitative estimate of drug-likeness (QED) is 0.0664. The molecule has 4 unspecified atom stereocenters. The monoisotopic (exact) mass is 698 g/mol. The minimum Gasteiger partial charge on any atom is -0.395 e. The lowest BCUT2D eigenvalue weighted by Crippen LogP contribution is -2.32. The van der Waals surface area contributed by atoms with Gasteiger partial charge >= 0.3 is 15.2 Å². The topological polar surface area (TPSA) is 94.5 Å². The first-order valence-electron chi connectivity index (χ1n) is 19.2. The highest BCUT2D eigenvalue weighted by Crippen LogP contribution is 2.54. The lowest BCUT2D eigenvalue weighted by atomic mass is 10.0. The van der Waals surface area contributed by atoms with Crippen LogP contribution >= 0.6 is 15.2 Å². The zero-order valence-corrected chi connectivity index (χ0v) is 33.3. The maximum Gasteiger partial charge on any atom is 0.344 e. The van der Waals surface area contributed by atoms with Crippen molar-refractivity contribution in [3.05, 3.63) is 0 Å². The van der Waals surface area contributed by atoms with Crippen LogP contribution in [0.4, 0.5) is 0 Å². The van der Waals surface area contributed by atoms with Crippen molar-refractivity contribution >= 4 is 15.2 Å². The predicted molar refractivity (Wildman–Crippen MR) is 196 cm³/mol. The van der Waals surface area contributed by atoms with E-state index in [1.165, 1.54) is 0 Å². The highest BCUT2D eigenvalue weighted by molar-refractivity contribution is 7.54. The van der Waals surface area contributed by atoms with Crippen LogP contribution in [0.15, 0.2) is 0 Å². The molecule has 0 aliphatic heterocycles. The molecule has 8 nitrogen and oxygen atoms in total. The predicted octanol–water partition coefficient (Wildman–Crippen LogP) is 11.5. The van der Waals surface area contributed by atoms with Crippen LogP contribution in [-0.4, -0.2) is 62.2 Å². The van der Waals surface area contributed by atoms with E-state index in [0.717, 1.165) is 103 Å². The van der Waals surface area contributed by atoms with Gasteiger partial charge in [-0.3, -0.25) is 14.0 Å². The molecule has 278 valence electrons. The highest BCUT2D eigenvalue weighted by atomic mass is 31.2. The van der Waals surface area contributed by atoms with Gasteiger partial charge in [-0.2, -0.15) is 0 Å². The second kappa shape index (κ2) is 29.0. The SMILES string of the molecule is CCCCC(CC)COP(=O)(CN(CCO)CP(=O)(OCC(CC)CCCC)OCC(CC)CCCC)OCC(CC)CCCC. The molecular weight excluding hydrogens is 620 g/mol. The van der Waals surface area contributed by atoms with E-state index < -0.39 is 15.2 Å². The molecule has 0 aromatic rings. The first-order chi connectivity index (χ1) is 22.1. The summed E-state index contributed by atoms with van der Waals surface area (Å²) in [5.41, 5.74) is 0. The van der Waals surface area contributed by atoms with Crippen molar-refractivity contribution in [2.75, 3.05) is 52.2 Å². The molecule has 0 saturated heterocycles. The molecule has 0 aliphatic carbocycles. The lowest BCUT2D eigenvalue weighted by molar-refractivity contribution is 0.125. The number of aliphatic hydroxyl groups excluding tert-OH is 1. The number of hydrogen-bond donors (Lipinski definition) is 1. The fraction of sp³-hybridized carbons (Fsp3) is 1.00. The maximum absolute atomic E-state index is 14.5. The van der Waals surface area contributed by atoms with Gasteiger partial charge in [0.15, 0.2) is 0 Å². The largest absolute Gasteiger partial charge is 0.395 e. The molecule has 0 aromatic carbocycles. The third-order valence-electron chi connectivity index (χ3n) is 9.36. The fourth-order valence-corrected chi connectivity index (χ4v) is 9.37. The standard InChI is InChI=1S/C36H77NO7P2/c1-9-17-21-33(13-5)27-41-45(39,42-28-34(14-6)22-18-10-2)31-37(25-26-38)32-46(40,43-29-35(15-7)23-19-11-3)44-30-36(16-8)24-20-12-4/h33-36,38H,9-32H2,1-8H3. The van der Waals surface area contributed by atoms with Gasteiger partial charge in [-0.25, -0.2) is 0 Å². The summed E-state index contributed by atoms with van der Waals surface area (Å²) < 4.78 is 53.9. The van der Waals surface area contributed by atoms with E-state index in [0.29, 0.717) is 50.1 Å². The number of unbranched alkanes of at least 4 members (excludes halogenated alkanes) is 4. The molecule has 1 N–H and O–H groups in total. The second-order valence-corrected chi connectivity index (χ2v) is 17.5. The molecule has 4 atom stereocenters. The zero-order chi connectivity index (χ0) is 34.7. The van der Waals surface area contributed by atoms with E-state index in [1.807, 2.05) is 0 Å². The van der Waals surface area contributed by atoms with Crippen molar-refractivity contribution in [2.24, 2.45) is 23.7 Å². The Morgan fingerprint density at radius 2 is 0.761 bits per heavy atom. The second-order valence-electron chi connectivity index (χ2n) is 13.5. The van der Waals surface area contributed by atoms with Crippen LogP contribution in [0.2, 0.25) is 0 Å². The Labute approximate surface area is 285 Å². The van der Waals surface area contributed by atoms with E-state index >= 15 is 0 Å². The summed E-state index contributed by atoms with van der Waals surface area (Å²) in [7, 11) is -7.25. The summed E-state index contributed by atoms with van der Waals surface area (Å²) in [4.78, 5) is 1.74. The minimum atomic E-state index is -3.62. The molecule has 0 bridgehead atoms. The fourth-order valence-electron chi connectivity index (χ4n) is 5.52. The Kier molecular flexibility index (Phi) is 29.1. The van der Waals surface area contributed by atoms with Crippen LogP contribution in [-0.2, 0) is 27.2 Å². The molecule has 0 heterocycles. The average Bonchev–Trinajstić information content (AvgIpc) is 3.05. The molecule has 46 heavy (non-hydrogen) atoms. The number of nitrogens with zero attached hydrogens (tertiary/aromatic N) is 1. The summed E-state index contributed by atoms with van der Waals surface area (Å²) in [6.07, 6.45) is 16.6.